The summed E-state index contributed by atoms with van der Waals surface area (Å²) in [6, 6.07) is 14.4. The number of esters is 1. The number of piperidine rings is 1. The lowest BCUT2D eigenvalue weighted by Crippen LogP contribution is -2.41. The van der Waals surface area contributed by atoms with Crippen molar-refractivity contribution in [3.8, 4) is 0 Å². The summed E-state index contributed by atoms with van der Waals surface area (Å²) < 4.78 is 32.2. The number of rotatable bonds is 6. The van der Waals surface area contributed by atoms with Crippen molar-refractivity contribution >= 4 is 27.6 Å². The van der Waals surface area contributed by atoms with Gasteiger partial charge in [0.05, 0.1) is 10.5 Å². The highest BCUT2D eigenvalue weighted by Crippen LogP contribution is 2.25. The summed E-state index contributed by atoms with van der Waals surface area (Å²) >= 11 is 0. The minimum atomic E-state index is -3.60. The first-order valence-corrected chi connectivity index (χ1v) is 11.0. The van der Waals surface area contributed by atoms with Crippen LogP contribution in [0.2, 0.25) is 0 Å². The van der Waals surface area contributed by atoms with Crippen LogP contribution in [0.25, 0.3) is 0 Å². The molecule has 154 valence electrons. The number of carbonyl (C=O) groups is 2. The fourth-order valence-electron chi connectivity index (χ4n) is 3.26. The lowest BCUT2D eigenvalue weighted by atomic mass is 10.1. The van der Waals surface area contributed by atoms with E-state index in [1.165, 1.54) is 28.6 Å². The zero-order valence-electron chi connectivity index (χ0n) is 16.2. The number of carbonyl (C=O) groups excluding carboxylic acids is 2. The molecule has 0 aromatic heterocycles. The molecule has 1 heterocycles. The van der Waals surface area contributed by atoms with Crippen LogP contribution in [0, 0.1) is 0 Å². The summed E-state index contributed by atoms with van der Waals surface area (Å²) in [5.74, 6) is -1.15. The Morgan fingerprint density at radius 1 is 1.07 bits per heavy atom. The zero-order chi connectivity index (χ0) is 20.9. The lowest BCUT2D eigenvalue weighted by Gasteiger charge is -2.32. The Labute approximate surface area is 170 Å². The number of amides is 1. The van der Waals surface area contributed by atoms with Crippen LogP contribution in [-0.4, -0.2) is 43.8 Å². The van der Waals surface area contributed by atoms with Crippen LogP contribution in [0.4, 0.5) is 5.69 Å². The maximum Gasteiger partial charge on any atom is 0.338 e. The molecule has 2 aromatic carbocycles. The zero-order valence-corrected chi connectivity index (χ0v) is 17.0. The molecule has 1 fully saturated rings. The van der Waals surface area contributed by atoms with E-state index in [1.807, 2.05) is 13.0 Å². The molecular weight excluding hydrogens is 392 g/mol. The molecule has 1 aliphatic rings. The molecule has 29 heavy (non-hydrogen) atoms. The maximum absolute atomic E-state index is 12.8. The van der Waals surface area contributed by atoms with Gasteiger partial charge in [0.2, 0.25) is 10.0 Å². The minimum absolute atomic E-state index is 0.0403. The van der Waals surface area contributed by atoms with Crippen LogP contribution in [0.3, 0.4) is 0 Å². The molecule has 0 unspecified atom stereocenters. The minimum Gasteiger partial charge on any atom is -0.452 e. The average molecular weight is 416 g/mol. The van der Waals surface area contributed by atoms with E-state index in [9.17, 15) is 18.0 Å². The third kappa shape index (κ3) is 5.21. The molecule has 1 amide bonds. The number of hydrogen-bond donors (Lipinski definition) is 1. The number of anilines is 1. The van der Waals surface area contributed by atoms with Crippen molar-refractivity contribution in [3.05, 3.63) is 60.2 Å². The van der Waals surface area contributed by atoms with Crippen molar-refractivity contribution in [2.24, 2.45) is 0 Å². The fourth-order valence-corrected chi connectivity index (χ4v) is 4.96. The number of nitrogens with zero attached hydrogens (tertiary/aromatic N) is 1. The molecule has 0 aliphatic carbocycles. The Kier molecular flexibility index (Phi) is 6.66. The lowest BCUT2D eigenvalue weighted by molar-refractivity contribution is -0.119. The van der Waals surface area contributed by atoms with Gasteiger partial charge in [0.15, 0.2) is 6.61 Å². The predicted octanol–water partition coefficient (Wildman–Crippen LogP) is 3.05. The molecule has 8 heteroatoms. The molecule has 0 bridgehead atoms. The first-order valence-electron chi connectivity index (χ1n) is 9.52. The van der Waals surface area contributed by atoms with Crippen molar-refractivity contribution in [1.82, 2.24) is 4.31 Å². The number of nitrogens with one attached hydrogen (secondary N) is 1. The molecule has 0 saturated carbocycles. The van der Waals surface area contributed by atoms with Gasteiger partial charge in [0.1, 0.15) is 0 Å². The Balaban J connectivity index is 1.59. The summed E-state index contributed by atoms with van der Waals surface area (Å²) in [5.41, 5.74) is 0.790. The topological polar surface area (TPSA) is 92.8 Å². The largest absolute Gasteiger partial charge is 0.452 e. The monoisotopic (exact) mass is 416 g/mol. The second-order valence-electron chi connectivity index (χ2n) is 6.98. The van der Waals surface area contributed by atoms with Gasteiger partial charge in [0, 0.05) is 18.3 Å². The number of sulfonamides is 1. The van der Waals surface area contributed by atoms with Crippen LogP contribution in [-0.2, 0) is 19.6 Å². The number of ether oxygens (including phenoxy) is 1. The van der Waals surface area contributed by atoms with Gasteiger partial charge in [0.25, 0.3) is 5.91 Å². The maximum atomic E-state index is 12.8. The highest BCUT2D eigenvalue weighted by atomic mass is 32.2. The van der Waals surface area contributed by atoms with Crippen LogP contribution >= 0.6 is 0 Å². The summed E-state index contributed by atoms with van der Waals surface area (Å²) in [6.45, 7) is 1.98. The third-order valence-electron chi connectivity index (χ3n) is 4.83. The number of benzene rings is 2. The van der Waals surface area contributed by atoms with Crippen LogP contribution < -0.4 is 5.32 Å². The standard InChI is InChI=1S/C21H24N2O5S/c1-16-7-5-6-14-23(16)29(26,27)19-12-10-17(11-13-19)21(25)28-15-20(24)22-18-8-3-2-4-9-18/h2-4,8-13,16H,5-7,14-15H2,1H3,(H,22,24)/t16-/m0/s1. The third-order valence-corrected chi connectivity index (χ3v) is 6.86. The highest BCUT2D eigenvalue weighted by molar-refractivity contribution is 7.89. The van der Waals surface area contributed by atoms with Gasteiger partial charge >= 0.3 is 5.97 Å². The van der Waals surface area contributed by atoms with E-state index in [4.69, 9.17) is 4.74 Å². The Bertz CT molecular complexity index is 958. The Morgan fingerprint density at radius 3 is 2.41 bits per heavy atom. The molecule has 1 aliphatic heterocycles. The average Bonchev–Trinajstić information content (AvgIpc) is 2.73. The van der Waals surface area contributed by atoms with Crippen LogP contribution in [0.5, 0.6) is 0 Å². The van der Waals surface area contributed by atoms with Gasteiger partial charge < -0.3 is 10.1 Å². The molecule has 7 nitrogen and oxygen atoms in total. The van der Waals surface area contributed by atoms with E-state index in [1.54, 1.807) is 24.3 Å². The number of para-hydroxylation sites is 1. The number of hydrogen-bond acceptors (Lipinski definition) is 5. The second kappa shape index (κ2) is 9.19. The highest BCUT2D eigenvalue weighted by Gasteiger charge is 2.30. The van der Waals surface area contributed by atoms with E-state index in [0.717, 1.165) is 19.3 Å². The molecule has 3 rings (SSSR count). The van der Waals surface area contributed by atoms with E-state index in [0.29, 0.717) is 12.2 Å². The van der Waals surface area contributed by atoms with Gasteiger partial charge in [-0.2, -0.15) is 4.31 Å². The smallest absolute Gasteiger partial charge is 0.338 e. The first kappa shape index (κ1) is 21.0. The second-order valence-corrected chi connectivity index (χ2v) is 8.87. The van der Waals surface area contributed by atoms with E-state index >= 15 is 0 Å². The molecule has 2 aromatic rings. The summed E-state index contributed by atoms with van der Waals surface area (Å²) in [7, 11) is -3.60. The van der Waals surface area contributed by atoms with E-state index in [2.05, 4.69) is 5.32 Å². The predicted molar refractivity (Wildman–Crippen MR) is 109 cm³/mol. The normalized spacial score (nSPS) is 17.5. The van der Waals surface area contributed by atoms with Crippen LogP contribution in [0.1, 0.15) is 36.5 Å². The molecule has 1 atom stereocenters. The van der Waals surface area contributed by atoms with Crippen molar-refractivity contribution in [3.63, 3.8) is 0 Å². The van der Waals surface area contributed by atoms with Gasteiger partial charge in [-0.1, -0.05) is 24.6 Å². The summed E-state index contributed by atoms with van der Waals surface area (Å²) in [4.78, 5) is 24.2. The quantitative estimate of drug-likeness (QED) is 0.731. The summed E-state index contributed by atoms with van der Waals surface area (Å²) in [5, 5.41) is 2.62. The van der Waals surface area contributed by atoms with Crippen molar-refractivity contribution in [2.45, 2.75) is 37.1 Å². The van der Waals surface area contributed by atoms with Gasteiger partial charge in [-0.15, -0.1) is 0 Å². The first-order chi connectivity index (χ1) is 13.9. The molecule has 0 spiro atoms. The molecule has 1 N–H and O–H groups in total. The van der Waals surface area contributed by atoms with Crippen molar-refractivity contribution in [2.75, 3.05) is 18.5 Å². The van der Waals surface area contributed by atoms with Crippen molar-refractivity contribution < 1.29 is 22.7 Å². The molecular formula is C21H24N2O5S. The van der Waals surface area contributed by atoms with Gasteiger partial charge in [-0.25, -0.2) is 13.2 Å². The summed E-state index contributed by atoms with van der Waals surface area (Å²) in [6.07, 6.45) is 2.71. The SMILES string of the molecule is C[C@H]1CCCCN1S(=O)(=O)c1ccc(C(=O)OCC(=O)Nc2ccccc2)cc1. The molecule has 0 radical (unpaired) electrons. The Morgan fingerprint density at radius 2 is 1.76 bits per heavy atom. The van der Waals surface area contributed by atoms with E-state index in [-0.39, 0.29) is 16.5 Å². The van der Waals surface area contributed by atoms with Crippen molar-refractivity contribution in [1.29, 1.82) is 0 Å². The van der Waals surface area contributed by atoms with E-state index < -0.39 is 28.5 Å². The van der Waals surface area contributed by atoms with Crippen LogP contribution in [0.15, 0.2) is 59.5 Å². The van der Waals surface area contributed by atoms with Gasteiger partial charge in [-0.05, 0) is 56.2 Å². The molecule has 1 saturated heterocycles. The fraction of sp³-hybridized carbons (Fsp3) is 0.333. The van der Waals surface area contributed by atoms with Gasteiger partial charge in [-0.3, -0.25) is 4.79 Å². The Hall–Kier alpha value is -2.71.